The van der Waals surface area contributed by atoms with Crippen molar-refractivity contribution in [2.45, 2.75) is 38.5 Å². The molecule has 1 aliphatic carbocycles. The number of alkyl halides is 1. The van der Waals surface area contributed by atoms with E-state index in [0.717, 1.165) is 0 Å². The molecule has 0 amide bonds. The maximum Gasteiger partial charge on any atom is 0.0835 e. The molecule has 0 saturated heterocycles. The minimum atomic E-state index is -0.0369. The van der Waals surface area contributed by atoms with E-state index in [9.17, 15) is 0 Å². The number of aryl methyl sites for hydroxylation is 4. The molecule has 0 nitrogen and oxygen atoms in total. The fourth-order valence-electron chi connectivity index (χ4n) is 2.86. The number of fused-ring (bicyclic) bond motifs is 1. The van der Waals surface area contributed by atoms with Crippen molar-refractivity contribution in [3.05, 3.63) is 69.8 Å². The first-order valence-electron chi connectivity index (χ1n) is 6.98. The van der Waals surface area contributed by atoms with Gasteiger partial charge >= 0.3 is 0 Å². The predicted molar refractivity (Wildman–Crippen MR) is 82.1 cm³/mol. The zero-order chi connectivity index (χ0) is 13.4. The highest BCUT2D eigenvalue weighted by molar-refractivity contribution is 6.22. The largest absolute Gasteiger partial charge is 0.113 e. The van der Waals surface area contributed by atoms with E-state index < -0.39 is 0 Å². The highest BCUT2D eigenvalue weighted by atomic mass is 35.5. The third-order valence-electron chi connectivity index (χ3n) is 4.24. The molecule has 0 N–H and O–H groups in total. The van der Waals surface area contributed by atoms with Gasteiger partial charge in [0.15, 0.2) is 0 Å². The molecule has 98 valence electrons. The fraction of sp³-hybridized carbons (Fsp3) is 0.333. The standard InChI is InChI=1S/C18H19Cl/c1-12-6-7-16(10-13(12)2)18(19)17-9-8-14-4-3-5-15(14)11-17/h6-11,18H,3-5H2,1-2H3. The van der Waals surface area contributed by atoms with Crippen molar-refractivity contribution in [2.75, 3.05) is 0 Å². The van der Waals surface area contributed by atoms with Gasteiger partial charge in [-0.3, -0.25) is 0 Å². The van der Waals surface area contributed by atoms with Crippen molar-refractivity contribution in [1.29, 1.82) is 0 Å². The second-order valence-electron chi connectivity index (χ2n) is 5.59. The highest BCUT2D eigenvalue weighted by Gasteiger charge is 2.16. The van der Waals surface area contributed by atoms with Crippen molar-refractivity contribution >= 4 is 11.6 Å². The molecule has 3 rings (SSSR count). The van der Waals surface area contributed by atoms with Crippen LogP contribution in [0.1, 0.15) is 45.2 Å². The monoisotopic (exact) mass is 270 g/mol. The Bertz CT molecular complexity index is 613. The van der Waals surface area contributed by atoms with Gasteiger partial charge in [-0.25, -0.2) is 0 Å². The lowest BCUT2D eigenvalue weighted by Gasteiger charge is -2.13. The van der Waals surface area contributed by atoms with E-state index in [1.54, 1.807) is 0 Å². The highest BCUT2D eigenvalue weighted by Crippen LogP contribution is 2.33. The van der Waals surface area contributed by atoms with E-state index >= 15 is 0 Å². The molecule has 1 atom stereocenters. The van der Waals surface area contributed by atoms with Crippen molar-refractivity contribution < 1.29 is 0 Å². The maximum atomic E-state index is 6.66. The third kappa shape index (κ3) is 2.42. The lowest BCUT2D eigenvalue weighted by molar-refractivity contribution is 0.911. The summed E-state index contributed by atoms with van der Waals surface area (Å²) in [7, 11) is 0. The number of benzene rings is 2. The van der Waals surface area contributed by atoms with E-state index in [-0.39, 0.29) is 5.38 Å². The summed E-state index contributed by atoms with van der Waals surface area (Å²) in [4.78, 5) is 0. The molecule has 0 bridgehead atoms. The van der Waals surface area contributed by atoms with Crippen LogP contribution in [0, 0.1) is 13.8 Å². The Kier molecular flexibility index (Phi) is 3.36. The van der Waals surface area contributed by atoms with Crippen LogP contribution in [-0.2, 0) is 12.8 Å². The Morgan fingerprint density at radius 2 is 1.53 bits per heavy atom. The number of hydrogen-bond acceptors (Lipinski definition) is 0. The van der Waals surface area contributed by atoms with Crippen molar-refractivity contribution in [3.63, 3.8) is 0 Å². The van der Waals surface area contributed by atoms with Gasteiger partial charge in [0.1, 0.15) is 0 Å². The fourth-order valence-corrected chi connectivity index (χ4v) is 3.14. The molecular formula is C18H19Cl. The van der Waals surface area contributed by atoms with Crippen LogP contribution in [0.3, 0.4) is 0 Å². The van der Waals surface area contributed by atoms with Crippen LogP contribution in [0.4, 0.5) is 0 Å². The van der Waals surface area contributed by atoms with Crippen molar-refractivity contribution in [2.24, 2.45) is 0 Å². The number of halogens is 1. The van der Waals surface area contributed by atoms with E-state index in [2.05, 4.69) is 50.2 Å². The van der Waals surface area contributed by atoms with Gasteiger partial charge in [-0.2, -0.15) is 0 Å². The molecule has 0 heterocycles. The lowest BCUT2D eigenvalue weighted by atomic mass is 9.97. The Hall–Kier alpha value is -1.27. The van der Waals surface area contributed by atoms with E-state index in [4.69, 9.17) is 11.6 Å². The minimum Gasteiger partial charge on any atom is -0.113 e. The molecule has 0 saturated carbocycles. The predicted octanol–water partition coefficient (Wildman–Crippen LogP) is 5.12. The number of rotatable bonds is 2. The molecule has 0 spiro atoms. The van der Waals surface area contributed by atoms with E-state index in [1.165, 1.54) is 52.6 Å². The van der Waals surface area contributed by atoms with Crippen LogP contribution in [0.2, 0.25) is 0 Å². The Labute approximate surface area is 120 Å². The Morgan fingerprint density at radius 3 is 2.32 bits per heavy atom. The zero-order valence-corrected chi connectivity index (χ0v) is 12.3. The third-order valence-corrected chi connectivity index (χ3v) is 4.74. The summed E-state index contributed by atoms with van der Waals surface area (Å²) in [5.74, 6) is 0. The molecule has 1 aliphatic rings. The zero-order valence-electron chi connectivity index (χ0n) is 11.5. The topological polar surface area (TPSA) is 0 Å². The molecule has 2 aromatic rings. The molecule has 1 unspecified atom stereocenters. The average Bonchev–Trinajstić information content (AvgIpc) is 2.88. The summed E-state index contributed by atoms with van der Waals surface area (Å²) in [5, 5.41) is -0.0369. The average molecular weight is 271 g/mol. The summed E-state index contributed by atoms with van der Waals surface area (Å²) in [6.07, 6.45) is 3.72. The van der Waals surface area contributed by atoms with Crippen molar-refractivity contribution in [3.8, 4) is 0 Å². The summed E-state index contributed by atoms with van der Waals surface area (Å²) in [6.45, 7) is 4.28. The van der Waals surface area contributed by atoms with Gasteiger partial charge in [-0.15, -0.1) is 11.6 Å². The summed E-state index contributed by atoms with van der Waals surface area (Å²) < 4.78 is 0. The molecule has 19 heavy (non-hydrogen) atoms. The molecular weight excluding hydrogens is 252 g/mol. The lowest BCUT2D eigenvalue weighted by Crippen LogP contribution is -1.96. The molecule has 0 radical (unpaired) electrons. The van der Waals surface area contributed by atoms with Gasteiger partial charge in [0, 0.05) is 0 Å². The molecule has 0 aromatic heterocycles. The summed E-state index contributed by atoms with van der Waals surface area (Å²) in [6, 6.07) is 13.3. The molecule has 2 aromatic carbocycles. The first-order chi connectivity index (χ1) is 9.15. The first-order valence-corrected chi connectivity index (χ1v) is 7.42. The van der Waals surface area contributed by atoms with Crippen LogP contribution in [0.25, 0.3) is 0 Å². The van der Waals surface area contributed by atoms with E-state index in [1.807, 2.05) is 0 Å². The second kappa shape index (κ2) is 5.02. The summed E-state index contributed by atoms with van der Waals surface area (Å²) >= 11 is 6.66. The van der Waals surface area contributed by atoms with Crippen molar-refractivity contribution in [1.82, 2.24) is 0 Å². The SMILES string of the molecule is Cc1ccc(C(Cl)c2ccc3c(c2)CCC3)cc1C. The minimum absolute atomic E-state index is 0.0369. The van der Waals surface area contributed by atoms with Gasteiger partial charge in [-0.1, -0.05) is 36.4 Å². The van der Waals surface area contributed by atoms with Gasteiger partial charge in [-0.05, 0) is 66.5 Å². The number of hydrogen-bond donors (Lipinski definition) is 0. The Balaban J connectivity index is 1.94. The van der Waals surface area contributed by atoms with Gasteiger partial charge in [0.05, 0.1) is 5.38 Å². The smallest absolute Gasteiger partial charge is 0.0835 e. The van der Waals surface area contributed by atoms with Gasteiger partial charge in [0.25, 0.3) is 0 Å². The normalized spacial score (nSPS) is 15.3. The summed E-state index contributed by atoms with van der Waals surface area (Å²) in [5.41, 5.74) is 8.05. The van der Waals surface area contributed by atoms with Crippen LogP contribution in [-0.4, -0.2) is 0 Å². The maximum absolute atomic E-state index is 6.66. The van der Waals surface area contributed by atoms with E-state index in [0.29, 0.717) is 0 Å². The van der Waals surface area contributed by atoms with Gasteiger partial charge in [0.2, 0.25) is 0 Å². The van der Waals surface area contributed by atoms with Crippen LogP contribution < -0.4 is 0 Å². The first kappa shape index (κ1) is 12.7. The molecule has 0 fully saturated rings. The molecule has 0 aliphatic heterocycles. The van der Waals surface area contributed by atoms with Crippen LogP contribution in [0.5, 0.6) is 0 Å². The molecule has 1 heteroatoms. The van der Waals surface area contributed by atoms with Gasteiger partial charge < -0.3 is 0 Å². The van der Waals surface area contributed by atoms with Crippen LogP contribution >= 0.6 is 11.6 Å². The Morgan fingerprint density at radius 1 is 0.842 bits per heavy atom. The second-order valence-corrected chi connectivity index (χ2v) is 6.02. The van der Waals surface area contributed by atoms with Crippen LogP contribution in [0.15, 0.2) is 36.4 Å². The quantitative estimate of drug-likeness (QED) is 0.665.